The third kappa shape index (κ3) is 3.44. The Balaban J connectivity index is 0.00000182. The third-order valence-corrected chi connectivity index (χ3v) is 4.36. The highest BCUT2D eigenvalue weighted by Gasteiger charge is 2.20. The minimum absolute atomic E-state index is 0. The van der Waals surface area contributed by atoms with Gasteiger partial charge in [0.1, 0.15) is 11.6 Å². The molecule has 0 unspecified atom stereocenters. The van der Waals surface area contributed by atoms with Gasteiger partial charge in [-0.15, -0.1) is 12.4 Å². The lowest BCUT2D eigenvalue weighted by Crippen LogP contribution is -2.47. The van der Waals surface area contributed by atoms with E-state index in [0.717, 1.165) is 54.7 Å². The maximum atomic E-state index is 4.75. The number of piperazine rings is 1. The molecule has 1 fully saturated rings. The number of aromatic nitrogens is 3. The van der Waals surface area contributed by atoms with Crippen molar-refractivity contribution in [3.8, 4) is 0 Å². The highest BCUT2D eigenvalue weighted by molar-refractivity contribution is 5.90. The molecule has 1 aromatic carbocycles. The molecule has 1 saturated heterocycles. The van der Waals surface area contributed by atoms with Gasteiger partial charge in [-0.3, -0.25) is 0 Å². The number of benzene rings is 1. The van der Waals surface area contributed by atoms with Gasteiger partial charge in [-0.2, -0.15) is 4.98 Å². The smallest absolute Gasteiger partial charge is 0.228 e. The molecule has 25 heavy (non-hydrogen) atoms. The normalized spacial score (nSPS) is 14.3. The lowest BCUT2D eigenvalue weighted by atomic mass is 10.2. The first-order chi connectivity index (χ1) is 11.8. The summed E-state index contributed by atoms with van der Waals surface area (Å²) in [7, 11) is 1.90. The number of fused-ring (bicyclic) bond motifs is 1. The van der Waals surface area contributed by atoms with Crippen molar-refractivity contribution in [2.45, 2.75) is 0 Å². The predicted molar refractivity (Wildman–Crippen MR) is 105 cm³/mol. The first-order valence-corrected chi connectivity index (χ1v) is 8.20. The molecule has 130 valence electrons. The Kier molecular flexibility index (Phi) is 5.19. The zero-order valence-electron chi connectivity index (χ0n) is 14.1. The van der Waals surface area contributed by atoms with E-state index in [9.17, 15) is 0 Å². The van der Waals surface area contributed by atoms with Crippen LogP contribution in [-0.2, 0) is 0 Å². The van der Waals surface area contributed by atoms with Crippen molar-refractivity contribution in [1.82, 2.24) is 15.0 Å². The number of para-hydroxylation sites is 1. The molecule has 4 rings (SSSR count). The molecular formula is C18H21ClN6. The summed E-state index contributed by atoms with van der Waals surface area (Å²) in [5.74, 6) is 2.70. The van der Waals surface area contributed by atoms with Crippen molar-refractivity contribution in [2.24, 2.45) is 0 Å². The molecule has 0 bridgehead atoms. The molecule has 1 N–H and O–H groups in total. The van der Waals surface area contributed by atoms with Crippen LogP contribution in [0.4, 0.5) is 17.6 Å². The van der Waals surface area contributed by atoms with Crippen LogP contribution < -0.4 is 15.1 Å². The number of hydrogen-bond donors (Lipinski definition) is 1. The molecule has 0 spiro atoms. The summed E-state index contributed by atoms with van der Waals surface area (Å²) in [6.07, 6.45) is 1.84. The lowest BCUT2D eigenvalue weighted by molar-refractivity contribution is 0.636. The average Bonchev–Trinajstić information content (AvgIpc) is 2.68. The van der Waals surface area contributed by atoms with E-state index >= 15 is 0 Å². The van der Waals surface area contributed by atoms with Crippen molar-refractivity contribution >= 4 is 40.9 Å². The zero-order valence-corrected chi connectivity index (χ0v) is 14.9. The SMILES string of the molecule is CNc1nc(N2CCN(c3ccccn3)CC2)nc2ccccc12.Cl. The van der Waals surface area contributed by atoms with Gasteiger partial charge in [-0.25, -0.2) is 9.97 Å². The van der Waals surface area contributed by atoms with Gasteiger partial charge in [0, 0.05) is 44.8 Å². The molecule has 3 heterocycles. The molecular weight excluding hydrogens is 336 g/mol. The van der Waals surface area contributed by atoms with Gasteiger partial charge in [0.15, 0.2) is 0 Å². The highest BCUT2D eigenvalue weighted by atomic mass is 35.5. The van der Waals surface area contributed by atoms with Gasteiger partial charge in [-0.05, 0) is 24.3 Å². The lowest BCUT2D eigenvalue weighted by Gasteiger charge is -2.35. The molecule has 0 amide bonds. The predicted octanol–water partition coefficient (Wildman–Crippen LogP) is 2.81. The Bertz CT molecular complexity index is 833. The van der Waals surface area contributed by atoms with Crippen LogP contribution in [0.25, 0.3) is 10.9 Å². The van der Waals surface area contributed by atoms with E-state index in [4.69, 9.17) is 9.97 Å². The van der Waals surface area contributed by atoms with Gasteiger partial charge in [-0.1, -0.05) is 18.2 Å². The van der Waals surface area contributed by atoms with E-state index < -0.39 is 0 Å². The van der Waals surface area contributed by atoms with E-state index in [1.807, 2.05) is 49.6 Å². The van der Waals surface area contributed by atoms with Crippen LogP contribution in [0, 0.1) is 0 Å². The van der Waals surface area contributed by atoms with E-state index in [-0.39, 0.29) is 12.4 Å². The van der Waals surface area contributed by atoms with Crippen molar-refractivity contribution in [3.05, 3.63) is 48.7 Å². The van der Waals surface area contributed by atoms with Gasteiger partial charge in [0.25, 0.3) is 0 Å². The second kappa shape index (κ2) is 7.53. The van der Waals surface area contributed by atoms with Crippen LogP contribution >= 0.6 is 12.4 Å². The largest absolute Gasteiger partial charge is 0.372 e. The quantitative estimate of drug-likeness (QED) is 0.778. The minimum atomic E-state index is 0. The maximum Gasteiger partial charge on any atom is 0.228 e. The molecule has 1 aliphatic heterocycles. The fourth-order valence-electron chi connectivity index (χ4n) is 3.07. The summed E-state index contributed by atoms with van der Waals surface area (Å²) >= 11 is 0. The van der Waals surface area contributed by atoms with E-state index in [1.54, 1.807) is 0 Å². The Morgan fingerprint density at radius 3 is 2.32 bits per heavy atom. The van der Waals surface area contributed by atoms with Crippen LogP contribution in [0.1, 0.15) is 0 Å². The standard InChI is InChI=1S/C18H20N6.ClH/c1-19-17-14-6-2-3-7-15(14)21-18(22-17)24-12-10-23(11-13-24)16-8-4-5-9-20-16;/h2-9H,10-13H2,1H3,(H,19,21,22);1H. The monoisotopic (exact) mass is 356 g/mol. The molecule has 0 aliphatic carbocycles. The summed E-state index contributed by atoms with van der Waals surface area (Å²) in [5.41, 5.74) is 0.971. The first-order valence-electron chi connectivity index (χ1n) is 8.20. The van der Waals surface area contributed by atoms with Crippen LogP contribution in [0.15, 0.2) is 48.7 Å². The fraction of sp³-hybridized carbons (Fsp3) is 0.278. The Morgan fingerprint density at radius 1 is 0.880 bits per heavy atom. The number of halogens is 1. The van der Waals surface area contributed by atoms with Crippen LogP contribution in [0.2, 0.25) is 0 Å². The van der Waals surface area contributed by atoms with Gasteiger partial charge >= 0.3 is 0 Å². The minimum Gasteiger partial charge on any atom is -0.372 e. The maximum absolute atomic E-state index is 4.75. The van der Waals surface area contributed by atoms with E-state index in [2.05, 4.69) is 26.2 Å². The zero-order chi connectivity index (χ0) is 16.4. The number of hydrogen-bond acceptors (Lipinski definition) is 6. The molecule has 0 saturated carbocycles. The van der Waals surface area contributed by atoms with Crippen LogP contribution in [0.3, 0.4) is 0 Å². The molecule has 0 radical (unpaired) electrons. The summed E-state index contributed by atoms with van der Waals surface area (Å²) < 4.78 is 0. The summed E-state index contributed by atoms with van der Waals surface area (Å²) in [5, 5.41) is 4.24. The molecule has 6 nitrogen and oxygen atoms in total. The number of pyridine rings is 1. The fourth-order valence-corrected chi connectivity index (χ4v) is 3.07. The molecule has 2 aromatic heterocycles. The molecule has 1 aliphatic rings. The van der Waals surface area contributed by atoms with Crippen molar-refractivity contribution in [1.29, 1.82) is 0 Å². The summed E-state index contributed by atoms with van der Waals surface area (Å²) in [6, 6.07) is 14.1. The number of rotatable bonds is 3. The van der Waals surface area contributed by atoms with Gasteiger partial charge < -0.3 is 15.1 Å². The van der Waals surface area contributed by atoms with Crippen LogP contribution in [-0.4, -0.2) is 48.2 Å². The van der Waals surface area contributed by atoms with Crippen molar-refractivity contribution < 1.29 is 0 Å². The Labute approximate surface area is 153 Å². The van der Waals surface area contributed by atoms with Crippen molar-refractivity contribution in [2.75, 3.05) is 48.3 Å². The third-order valence-electron chi connectivity index (χ3n) is 4.36. The average molecular weight is 357 g/mol. The van der Waals surface area contributed by atoms with E-state index in [1.165, 1.54) is 0 Å². The van der Waals surface area contributed by atoms with Crippen molar-refractivity contribution in [3.63, 3.8) is 0 Å². The number of nitrogens with zero attached hydrogens (tertiary/aromatic N) is 5. The highest BCUT2D eigenvalue weighted by Crippen LogP contribution is 2.24. The van der Waals surface area contributed by atoms with Gasteiger partial charge in [0.2, 0.25) is 5.95 Å². The summed E-state index contributed by atoms with van der Waals surface area (Å²) in [4.78, 5) is 18.4. The second-order valence-corrected chi connectivity index (χ2v) is 5.80. The molecule has 7 heteroatoms. The molecule has 0 atom stereocenters. The second-order valence-electron chi connectivity index (χ2n) is 5.80. The number of nitrogens with one attached hydrogen (secondary N) is 1. The number of anilines is 3. The topological polar surface area (TPSA) is 57.2 Å². The summed E-state index contributed by atoms with van der Waals surface area (Å²) in [6.45, 7) is 3.61. The van der Waals surface area contributed by atoms with Crippen LogP contribution in [0.5, 0.6) is 0 Å². The Morgan fingerprint density at radius 2 is 1.60 bits per heavy atom. The Hall–Kier alpha value is -2.60. The molecule has 3 aromatic rings. The van der Waals surface area contributed by atoms with E-state index in [0.29, 0.717) is 0 Å². The first kappa shape index (κ1) is 17.2. The van der Waals surface area contributed by atoms with Gasteiger partial charge in [0.05, 0.1) is 5.52 Å².